The summed E-state index contributed by atoms with van der Waals surface area (Å²) in [6.45, 7) is 4.20. The highest BCUT2D eigenvalue weighted by atomic mass is 15.3. The Morgan fingerprint density at radius 2 is 2.10 bits per heavy atom. The molecule has 0 bridgehead atoms. The third-order valence-corrected chi connectivity index (χ3v) is 4.23. The van der Waals surface area contributed by atoms with Gasteiger partial charge in [0, 0.05) is 55.9 Å². The fraction of sp³-hybridized carbons (Fsp3) is 0.467. The van der Waals surface area contributed by atoms with Gasteiger partial charge < -0.3 is 15.2 Å². The van der Waals surface area contributed by atoms with Crippen molar-refractivity contribution in [3.05, 3.63) is 31.0 Å². The minimum Gasteiger partial charge on any atom is -0.398 e. The lowest BCUT2D eigenvalue weighted by Crippen LogP contribution is -2.51. The van der Waals surface area contributed by atoms with Gasteiger partial charge in [0.05, 0.1) is 18.2 Å². The molecule has 1 aliphatic heterocycles. The largest absolute Gasteiger partial charge is 0.398 e. The van der Waals surface area contributed by atoms with E-state index in [1.54, 1.807) is 12.4 Å². The predicted octanol–water partition coefficient (Wildman–Crippen LogP) is 0.773. The molecule has 2 N–H and O–H groups in total. The van der Waals surface area contributed by atoms with Gasteiger partial charge in [-0.25, -0.2) is 4.98 Å². The lowest BCUT2D eigenvalue weighted by Gasteiger charge is -2.38. The number of piperazine rings is 1. The van der Waals surface area contributed by atoms with Crippen molar-refractivity contribution in [3.63, 3.8) is 0 Å². The molecule has 0 aliphatic carbocycles. The predicted molar refractivity (Wildman–Crippen MR) is 83.8 cm³/mol. The first kappa shape index (κ1) is 14.0. The third kappa shape index (κ3) is 2.91. The fourth-order valence-electron chi connectivity index (χ4n) is 2.84. The number of anilines is 1. The molecule has 1 atom stereocenters. The van der Waals surface area contributed by atoms with Crippen LogP contribution in [0.3, 0.4) is 0 Å². The van der Waals surface area contributed by atoms with Gasteiger partial charge in [0.1, 0.15) is 0 Å². The van der Waals surface area contributed by atoms with Crippen LogP contribution >= 0.6 is 0 Å². The molecule has 112 valence electrons. The molecule has 2 aromatic rings. The van der Waals surface area contributed by atoms with Crippen molar-refractivity contribution in [1.29, 1.82) is 0 Å². The average Bonchev–Trinajstić information content (AvgIpc) is 2.91. The molecular formula is C15H22N6. The Hall–Kier alpha value is -1.92. The topological polar surface area (TPSA) is 63.2 Å². The maximum atomic E-state index is 6.06. The number of nitrogen functional groups attached to an aromatic ring is 1. The Balaban J connectivity index is 1.84. The lowest BCUT2D eigenvalue weighted by atomic mass is 10.1. The summed E-state index contributed by atoms with van der Waals surface area (Å²) >= 11 is 0. The van der Waals surface area contributed by atoms with E-state index in [0.717, 1.165) is 43.1 Å². The van der Waals surface area contributed by atoms with E-state index in [1.807, 2.05) is 18.6 Å². The Morgan fingerprint density at radius 3 is 2.90 bits per heavy atom. The van der Waals surface area contributed by atoms with Crippen LogP contribution in [0.1, 0.15) is 0 Å². The van der Waals surface area contributed by atoms with E-state index in [1.165, 1.54) is 0 Å². The number of likely N-dealkylation sites (N-methyl/N-ethyl adjacent to an activating group) is 2. The van der Waals surface area contributed by atoms with E-state index >= 15 is 0 Å². The van der Waals surface area contributed by atoms with Crippen molar-refractivity contribution in [2.45, 2.75) is 12.6 Å². The van der Waals surface area contributed by atoms with Crippen molar-refractivity contribution in [1.82, 2.24) is 24.3 Å². The van der Waals surface area contributed by atoms with Crippen LogP contribution in [-0.2, 0) is 6.54 Å². The summed E-state index contributed by atoms with van der Waals surface area (Å²) in [5.74, 6) is 0. The summed E-state index contributed by atoms with van der Waals surface area (Å²) in [6.07, 6.45) is 7.26. The number of hydrogen-bond donors (Lipinski definition) is 1. The second-order valence-corrected chi connectivity index (χ2v) is 5.79. The highest BCUT2D eigenvalue weighted by Crippen LogP contribution is 2.24. The van der Waals surface area contributed by atoms with Crippen LogP contribution in [0.5, 0.6) is 0 Å². The first-order valence-corrected chi connectivity index (χ1v) is 7.24. The van der Waals surface area contributed by atoms with Crippen molar-refractivity contribution in [2.24, 2.45) is 0 Å². The summed E-state index contributed by atoms with van der Waals surface area (Å²) in [4.78, 5) is 13.3. The zero-order valence-corrected chi connectivity index (χ0v) is 12.6. The van der Waals surface area contributed by atoms with E-state index in [-0.39, 0.29) is 0 Å². The molecule has 6 heteroatoms. The maximum Gasteiger partial charge on any atom is 0.0951 e. The van der Waals surface area contributed by atoms with E-state index in [4.69, 9.17) is 5.73 Å². The van der Waals surface area contributed by atoms with Gasteiger partial charge in [0.15, 0.2) is 0 Å². The Kier molecular flexibility index (Phi) is 3.90. The molecule has 6 nitrogen and oxygen atoms in total. The molecule has 0 spiro atoms. The number of nitrogens with zero attached hydrogens (tertiary/aromatic N) is 5. The number of nitrogens with two attached hydrogens (primary N) is 1. The number of aromatic nitrogens is 3. The van der Waals surface area contributed by atoms with Crippen LogP contribution < -0.4 is 5.73 Å². The molecule has 0 saturated carbocycles. The van der Waals surface area contributed by atoms with Crippen LogP contribution in [0, 0.1) is 0 Å². The van der Waals surface area contributed by atoms with Crippen molar-refractivity contribution >= 4 is 5.69 Å². The second kappa shape index (κ2) is 5.83. The minimum absolute atomic E-state index is 0.481. The second-order valence-electron chi connectivity index (χ2n) is 5.79. The smallest absolute Gasteiger partial charge is 0.0951 e. The summed E-state index contributed by atoms with van der Waals surface area (Å²) in [5.41, 5.74) is 8.78. The summed E-state index contributed by atoms with van der Waals surface area (Å²) in [5, 5.41) is 0. The van der Waals surface area contributed by atoms with Gasteiger partial charge in [-0.05, 0) is 20.2 Å². The number of pyridine rings is 1. The zero-order valence-electron chi connectivity index (χ0n) is 12.6. The monoisotopic (exact) mass is 286 g/mol. The summed E-state index contributed by atoms with van der Waals surface area (Å²) in [6, 6.07) is 2.31. The lowest BCUT2D eigenvalue weighted by molar-refractivity contribution is 0.103. The average molecular weight is 286 g/mol. The molecular weight excluding hydrogens is 264 g/mol. The summed E-state index contributed by atoms with van der Waals surface area (Å²) in [7, 11) is 4.36. The van der Waals surface area contributed by atoms with Gasteiger partial charge in [-0.2, -0.15) is 0 Å². The minimum atomic E-state index is 0.481. The highest BCUT2D eigenvalue weighted by molar-refractivity contribution is 5.72. The van der Waals surface area contributed by atoms with Gasteiger partial charge in [0.25, 0.3) is 0 Å². The Bertz CT molecular complexity index is 608. The first-order valence-electron chi connectivity index (χ1n) is 7.24. The molecule has 1 fully saturated rings. The van der Waals surface area contributed by atoms with E-state index in [0.29, 0.717) is 6.04 Å². The Labute approximate surface area is 125 Å². The number of imidazole rings is 1. The first-order chi connectivity index (χ1) is 10.1. The fourth-order valence-corrected chi connectivity index (χ4v) is 2.84. The van der Waals surface area contributed by atoms with Gasteiger partial charge in [0.2, 0.25) is 0 Å². The molecule has 1 saturated heterocycles. The molecule has 0 aromatic carbocycles. The maximum absolute atomic E-state index is 6.06. The van der Waals surface area contributed by atoms with Gasteiger partial charge in [-0.1, -0.05) is 0 Å². The molecule has 2 aromatic heterocycles. The van der Waals surface area contributed by atoms with E-state index in [2.05, 4.69) is 38.4 Å². The zero-order chi connectivity index (χ0) is 14.8. The van der Waals surface area contributed by atoms with Crippen molar-refractivity contribution < 1.29 is 0 Å². The van der Waals surface area contributed by atoms with E-state index in [9.17, 15) is 0 Å². The van der Waals surface area contributed by atoms with Crippen molar-refractivity contribution in [2.75, 3.05) is 39.5 Å². The molecule has 0 radical (unpaired) electrons. The standard InChI is InChI=1S/C15H22N6/c1-19-5-6-20(2)12(9-19)10-21-11-18-8-15(21)13-7-17-4-3-14(13)16/h3-4,7-8,11-12H,5-6,9-10H2,1-2H3,(H2,16,17). The normalized spacial score (nSPS) is 20.8. The van der Waals surface area contributed by atoms with Gasteiger partial charge >= 0.3 is 0 Å². The van der Waals surface area contributed by atoms with Crippen LogP contribution in [0.25, 0.3) is 11.3 Å². The molecule has 3 rings (SSSR count). The van der Waals surface area contributed by atoms with Crippen LogP contribution in [-0.4, -0.2) is 64.1 Å². The SMILES string of the molecule is CN1CCN(C)C(Cn2cncc2-c2cnccc2N)C1. The summed E-state index contributed by atoms with van der Waals surface area (Å²) < 4.78 is 2.17. The molecule has 1 aliphatic rings. The number of rotatable bonds is 3. The van der Waals surface area contributed by atoms with Crippen LogP contribution in [0.15, 0.2) is 31.0 Å². The molecule has 3 heterocycles. The van der Waals surface area contributed by atoms with E-state index < -0.39 is 0 Å². The molecule has 1 unspecified atom stereocenters. The molecule has 21 heavy (non-hydrogen) atoms. The van der Waals surface area contributed by atoms with Crippen LogP contribution in [0.4, 0.5) is 5.69 Å². The number of hydrogen-bond acceptors (Lipinski definition) is 5. The van der Waals surface area contributed by atoms with Crippen LogP contribution in [0.2, 0.25) is 0 Å². The quantitative estimate of drug-likeness (QED) is 0.903. The van der Waals surface area contributed by atoms with Crippen molar-refractivity contribution in [3.8, 4) is 11.3 Å². The van der Waals surface area contributed by atoms with Gasteiger partial charge in [-0.3, -0.25) is 9.88 Å². The highest BCUT2D eigenvalue weighted by Gasteiger charge is 2.23. The molecule has 0 amide bonds. The third-order valence-electron chi connectivity index (χ3n) is 4.23. The Morgan fingerprint density at radius 1 is 1.24 bits per heavy atom. The van der Waals surface area contributed by atoms with Gasteiger partial charge in [-0.15, -0.1) is 0 Å².